The fourth-order valence-corrected chi connectivity index (χ4v) is 11.2. The number of benzene rings is 2. The molecule has 2 rings (SSSR count). The summed E-state index contributed by atoms with van der Waals surface area (Å²) in [6.45, 7) is 6.64. The van der Waals surface area contributed by atoms with Crippen LogP contribution in [0.3, 0.4) is 0 Å². The van der Waals surface area contributed by atoms with Crippen LogP contribution in [0.25, 0.3) is 0 Å². The first-order chi connectivity index (χ1) is 8.70. The van der Waals surface area contributed by atoms with E-state index in [2.05, 4.69) is 68.9 Å². The van der Waals surface area contributed by atoms with E-state index in [1.54, 1.807) is 10.4 Å². The molecule has 2 aromatic carbocycles. The summed E-state index contributed by atoms with van der Waals surface area (Å²) in [5.41, 5.74) is 2.71. The van der Waals surface area contributed by atoms with Crippen molar-refractivity contribution in [1.29, 1.82) is 0 Å². The quantitative estimate of drug-likeness (QED) is 0.750. The monoisotopic (exact) mass is 281 g/mol. The summed E-state index contributed by atoms with van der Waals surface area (Å²) in [6.07, 6.45) is 0. The normalized spacial score (nSPS) is 10.9. The average Bonchev–Trinajstić information content (AvgIpc) is 2.39. The van der Waals surface area contributed by atoms with Crippen molar-refractivity contribution in [2.24, 2.45) is 0 Å². The van der Waals surface area contributed by atoms with Gasteiger partial charge in [-0.3, -0.25) is 0 Å². The largest absolute Gasteiger partial charge is 0.103 e. The van der Waals surface area contributed by atoms with E-state index >= 15 is 0 Å². The summed E-state index contributed by atoms with van der Waals surface area (Å²) < 4.78 is 0. The second kappa shape index (κ2) is 6.31. The topological polar surface area (TPSA) is 0 Å². The van der Waals surface area contributed by atoms with Crippen molar-refractivity contribution in [3.05, 3.63) is 59.7 Å². The number of rotatable bonds is 4. The highest BCUT2D eigenvalue weighted by Gasteiger charge is 2.15. The van der Waals surface area contributed by atoms with Crippen molar-refractivity contribution in [1.82, 2.24) is 0 Å². The molecule has 5 radical (unpaired) electrons. The molecule has 89 valence electrons. The van der Waals surface area contributed by atoms with Gasteiger partial charge in [-0.15, -0.1) is 0 Å². The van der Waals surface area contributed by atoms with Crippen molar-refractivity contribution >= 4 is 36.3 Å². The van der Waals surface area contributed by atoms with Crippen molar-refractivity contribution in [3.8, 4) is 0 Å². The summed E-state index contributed by atoms with van der Waals surface area (Å²) in [5, 5.41) is 3.12. The second-order valence-corrected chi connectivity index (χ2v) is 13.1. The third-order valence-electron chi connectivity index (χ3n) is 2.93. The van der Waals surface area contributed by atoms with Gasteiger partial charge in [0, 0.05) is 17.6 Å². The van der Waals surface area contributed by atoms with E-state index in [9.17, 15) is 0 Å². The molecule has 0 unspecified atom stereocenters. The van der Waals surface area contributed by atoms with E-state index in [4.69, 9.17) is 0 Å². The van der Waals surface area contributed by atoms with E-state index in [0.717, 1.165) is 17.6 Å². The van der Waals surface area contributed by atoms with Crippen molar-refractivity contribution in [3.63, 3.8) is 0 Å². The number of hydrogen-bond acceptors (Lipinski definition) is 0. The fraction of sp³-hybridized carbons (Fsp3) is 0.200. The second-order valence-electron chi connectivity index (χ2n) is 4.48. The third-order valence-corrected chi connectivity index (χ3v) is 13.0. The van der Waals surface area contributed by atoms with Gasteiger partial charge in [-0.05, 0) is 13.8 Å². The van der Waals surface area contributed by atoms with Crippen LogP contribution < -0.4 is 10.4 Å². The van der Waals surface area contributed by atoms with Gasteiger partial charge in [-0.25, -0.2) is 0 Å². The van der Waals surface area contributed by atoms with Gasteiger partial charge in [-0.2, -0.15) is 0 Å². The molecule has 0 saturated carbocycles. The molecular weight excluding hydrogens is 264 g/mol. The molecule has 0 nitrogen and oxygen atoms in total. The van der Waals surface area contributed by atoms with Crippen LogP contribution in [-0.2, 0) is 0 Å². The van der Waals surface area contributed by atoms with Gasteiger partial charge < -0.3 is 0 Å². The summed E-state index contributed by atoms with van der Waals surface area (Å²) in [4.78, 5) is 0. The van der Waals surface area contributed by atoms with E-state index in [0.29, 0.717) is 0 Å². The standard InChI is InChI=1S/C15H17Si3/c1-12-4-8-14(9-5-12)18(17-16-3)15-10-6-13(2)7-11-15/h4-11H,1-3H3. The zero-order valence-corrected chi connectivity index (χ0v) is 14.1. The van der Waals surface area contributed by atoms with Crippen molar-refractivity contribution in [2.75, 3.05) is 0 Å². The molecule has 0 atom stereocenters. The summed E-state index contributed by atoms with van der Waals surface area (Å²) in [5.74, 6) is 0. The summed E-state index contributed by atoms with van der Waals surface area (Å²) in [6, 6.07) is 18.3. The lowest BCUT2D eigenvalue weighted by Gasteiger charge is -2.15. The Balaban J connectivity index is 2.33. The molecule has 0 aliphatic carbocycles. The molecule has 0 N–H and O–H groups in total. The highest BCUT2D eigenvalue weighted by atomic mass is 29.5. The Hall–Kier alpha value is -0.909. The summed E-state index contributed by atoms with van der Waals surface area (Å²) in [7, 11) is 1.60. The molecule has 0 amide bonds. The van der Waals surface area contributed by atoms with Gasteiger partial charge in [0.25, 0.3) is 0 Å². The molecule has 0 heterocycles. The Kier molecular flexibility index (Phi) is 4.74. The lowest BCUT2D eigenvalue weighted by Crippen LogP contribution is -2.49. The lowest BCUT2D eigenvalue weighted by atomic mass is 10.2. The van der Waals surface area contributed by atoms with Crippen LogP contribution in [0.1, 0.15) is 11.1 Å². The minimum absolute atomic E-state index is 0.544. The molecule has 0 fully saturated rings. The zero-order valence-electron chi connectivity index (χ0n) is 11.1. The van der Waals surface area contributed by atoms with Crippen LogP contribution in [0.15, 0.2) is 48.5 Å². The molecule has 0 spiro atoms. The molecule has 3 heteroatoms. The van der Waals surface area contributed by atoms with Crippen LogP contribution in [0.2, 0.25) is 6.55 Å². The molecule has 0 aliphatic rings. The Bertz CT molecular complexity index is 443. The number of hydrogen-bond donors (Lipinski definition) is 0. The van der Waals surface area contributed by atoms with Crippen molar-refractivity contribution < 1.29 is 0 Å². The van der Waals surface area contributed by atoms with Gasteiger partial charge in [0.15, 0.2) is 0 Å². The first-order valence-corrected chi connectivity index (χ1v) is 12.1. The lowest BCUT2D eigenvalue weighted by molar-refractivity contribution is 1.48. The minimum Gasteiger partial charge on any atom is -0.0761 e. The van der Waals surface area contributed by atoms with Crippen molar-refractivity contribution in [2.45, 2.75) is 20.4 Å². The van der Waals surface area contributed by atoms with E-state index in [1.807, 2.05) is 0 Å². The van der Waals surface area contributed by atoms with Crippen LogP contribution in [0, 0.1) is 13.8 Å². The predicted molar refractivity (Wildman–Crippen MR) is 84.8 cm³/mol. The molecule has 0 bridgehead atoms. The van der Waals surface area contributed by atoms with Gasteiger partial charge in [-0.1, -0.05) is 76.6 Å². The Morgan fingerprint density at radius 1 is 0.722 bits per heavy atom. The van der Waals surface area contributed by atoms with Gasteiger partial charge in [0.2, 0.25) is 0 Å². The van der Waals surface area contributed by atoms with Gasteiger partial charge in [0.05, 0.1) is 0 Å². The SMILES string of the molecule is C[Si][Si][Si](c1ccc(C)cc1)c1ccc(C)cc1. The molecule has 0 aliphatic heterocycles. The minimum atomic E-state index is -0.544. The highest BCUT2D eigenvalue weighted by molar-refractivity contribution is 7.43. The highest BCUT2D eigenvalue weighted by Crippen LogP contribution is 1.98. The predicted octanol–water partition coefficient (Wildman–Crippen LogP) is 1.78. The van der Waals surface area contributed by atoms with E-state index in [1.165, 1.54) is 11.1 Å². The molecular formula is C15H17Si3. The maximum Gasteiger partial charge on any atom is 0.103 e. The average molecular weight is 282 g/mol. The van der Waals surface area contributed by atoms with E-state index < -0.39 is 8.31 Å². The third kappa shape index (κ3) is 3.31. The summed E-state index contributed by atoms with van der Waals surface area (Å²) >= 11 is 0. The van der Waals surface area contributed by atoms with Crippen LogP contribution in [-0.4, -0.2) is 25.9 Å². The van der Waals surface area contributed by atoms with E-state index in [-0.39, 0.29) is 0 Å². The Morgan fingerprint density at radius 3 is 1.44 bits per heavy atom. The molecule has 2 aromatic rings. The van der Waals surface area contributed by atoms with Crippen LogP contribution in [0.5, 0.6) is 0 Å². The molecule has 18 heavy (non-hydrogen) atoms. The molecule has 0 saturated heterocycles. The van der Waals surface area contributed by atoms with Crippen LogP contribution in [0.4, 0.5) is 0 Å². The van der Waals surface area contributed by atoms with Crippen LogP contribution >= 0.6 is 0 Å². The Labute approximate surface area is 116 Å². The maximum atomic E-state index is 2.33. The van der Waals surface area contributed by atoms with Gasteiger partial charge >= 0.3 is 0 Å². The molecule has 0 aromatic heterocycles. The maximum absolute atomic E-state index is 2.33. The van der Waals surface area contributed by atoms with Gasteiger partial charge in [0.1, 0.15) is 8.31 Å². The zero-order chi connectivity index (χ0) is 13.0. The first-order valence-electron chi connectivity index (χ1n) is 6.14. The smallest absolute Gasteiger partial charge is 0.0761 e. The number of aryl methyl sites for hydroxylation is 2. The fourth-order valence-electron chi connectivity index (χ4n) is 1.88. The Morgan fingerprint density at radius 2 is 1.11 bits per heavy atom. The first kappa shape index (κ1) is 13.5.